The maximum Gasteiger partial charge on any atom is 0.326 e. The van der Waals surface area contributed by atoms with Crippen molar-refractivity contribution in [2.24, 2.45) is 5.92 Å². The van der Waals surface area contributed by atoms with Crippen LogP contribution in [0.5, 0.6) is 0 Å². The van der Waals surface area contributed by atoms with Gasteiger partial charge in [0.2, 0.25) is 5.91 Å². The number of carboxylic acids is 1. The minimum Gasteiger partial charge on any atom is -0.480 e. The highest BCUT2D eigenvalue weighted by molar-refractivity contribution is 5.84. The number of hydrogen-bond donors (Lipinski definition) is 3. The molecule has 1 aromatic heterocycles. The highest BCUT2D eigenvalue weighted by Gasteiger charge is 2.35. The molecule has 0 bridgehead atoms. The van der Waals surface area contributed by atoms with Crippen LogP contribution in [0.1, 0.15) is 30.7 Å². The van der Waals surface area contributed by atoms with Crippen molar-refractivity contribution in [1.29, 1.82) is 0 Å². The molecule has 0 saturated carbocycles. The molecule has 0 aliphatic carbocycles. The van der Waals surface area contributed by atoms with Gasteiger partial charge >= 0.3 is 5.97 Å². The molecule has 1 saturated heterocycles. The molecule has 21 heavy (non-hydrogen) atoms. The molecular formula is C14H20N4O3. The predicted molar refractivity (Wildman–Crippen MR) is 74.5 cm³/mol. The molecule has 0 spiro atoms. The van der Waals surface area contributed by atoms with Crippen LogP contribution in [0.2, 0.25) is 0 Å². The zero-order valence-electron chi connectivity index (χ0n) is 11.8. The lowest BCUT2D eigenvalue weighted by Crippen LogP contribution is -2.48. The first-order valence-corrected chi connectivity index (χ1v) is 7.39. The third-order valence-electron chi connectivity index (χ3n) is 4.43. The van der Waals surface area contributed by atoms with Gasteiger partial charge in [0, 0.05) is 12.8 Å². The maximum absolute atomic E-state index is 12.4. The molecule has 2 unspecified atom stereocenters. The number of hydrogen-bond acceptors (Lipinski definition) is 4. The zero-order chi connectivity index (χ0) is 14.8. The fourth-order valence-corrected chi connectivity index (χ4v) is 3.15. The number of nitrogens with zero attached hydrogens (tertiary/aromatic N) is 2. The zero-order valence-corrected chi connectivity index (χ0v) is 11.8. The second-order valence-corrected chi connectivity index (χ2v) is 5.81. The maximum atomic E-state index is 12.4. The van der Waals surface area contributed by atoms with Crippen LogP contribution in [0, 0.1) is 5.92 Å². The first-order chi connectivity index (χ1) is 10.1. The Bertz CT molecular complexity index is 536. The Balaban J connectivity index is 1.66. The molecule has 3 rings (SSSR count). The molecular weight excluding hydrogens is 272 g/mol. The quantitative estimate of drug-likeness (QED) is 0.733. The lowest BCUT2D eigenvalue weighted by Gasteiger charge is -2.32. The number of aliphatic carboxylic acids is 1. The van der Waals surface area contributed by atoms with E-state index in [1.54, 1.807) is 6.33 Å². The number of aromatic amines is 1. The van der Waals surface area contributed by atoms with Gasteiger partial charge in [-0.05, 0) is 31.8 Å². The summed E-state index contributed by atoms with van der Waals surface area (Å²) in [6.45, 7) is 2.28. The van der Waals surface area contributed by atoms with Crippen LogP contribution < -0.4 is 5.32 Å². The van der Waals surface area contributed by atoms with E-state index in [0.717, 1.165) is 37.3 Å². The van der Waals surface area contributed by atoms with E-state index in [-0.39, 0.29) is 12.3 Å². The van der Waals surface area contributed by atoms with Gasteiger partial charge in [0.25, 0.3) is 0 Å². The summed E-state index contributed by atoms with van der Waals surface area (Å²) in [5.41, 5.74) is 1.61. The van der Waals surface area contributed by atoms with E-state index in [9.17, 15) is 14.7 Å². The van der Waals surface area contributed by atoms with Crippen molar-refractivity contribution in [2.75, 3.05) is 13.1 Å². The average molecular weight is 292 g/mol. The highest BCUT2D eigenvalue weighted by Crippen LogP contribution is 2.23. The fourth-order valence-electron chi connectivity index (χ4n) is 3.15. The van der Waals surface area contributed by atoms with Gasteiger partial charge < -0.3 is 20.3 Å². The molecule has 114 valence electrons. The molecule has 2 aliphatic rings. The van der Waals surface area contributed by atoms with Crippen LogP contribution in [0.4, 0.5) is 0 Å². The Morgan fingerprint density at radius 3 is 3.05 bits per heavy atom. The van der Waals surface area contributed by atoms with Crippen molar-refractivity contribution in [2.45, 2.75) is 38.3 Å². The standard InChI is InChI=1S/C14H20N4O3/c19-13(2-1-9-3-4-15-6-9)18-7-11-10(16-8-17-11)5-12(18)14(20)21/h8-9,12,15H,1-7H2,(H,16,17)(H,20,21). The minimum absolute atomic E-state index is 0.0745. The Hall–Kier alpha value is -1.89. The van der Waals surface area contributed by atoms with Gasteiger partial charge in [-0.1, -0.05) is 0 Å². The van der Waals surface area contributed by atoms with Crippen molar-refractivity contribution in [3.05, 3.63) is 17.7 Å². The molecule has 2 atom stereocenters. The molecule has 1 amide bonds. The second-order valence-electron chi connectivity index (χ2n) is 5.81. The van der Waals surface area contributed by atoms with Gasteiger partial charge in [-0.15, -0.1) is 0 Å². The molecule has 3 heterocycles. The molecule has 7 nitrogen and oxygen atoms in total. The molecule has 2 aliphatic heterocycles. The van der Waals surface area contributed by atoms with E-state index in [0.29, 0.717) is 18.9 Å². The lowest BCUT2D eigenvalue weighted by atomic mass is 9.99. The number of nitrogens with one attached hydrogen (secondary N) is 2. The summed E-state index contributed by atoms with van der Waals surface area (Å²) >= 11 is 0. The summed E-state index contributed by atoms with van der Waals surface area (Å²) in [7, 11) is 0. The number of carboxylic acid groups (broad SMARTS) is 1. The van der Waals surface area contributed by atoms with Crippen LogP contribution in [-0.4, -0.2) is 51.0 Å². The van der Waals surface area contributed by atoms with Gasteiger partial charge in [-0.2, -0.15) is 0 Å². The van der Waals surface area contributed by atoms with E-state index in [1.807, 2.05) is 0 Å². The average Bonchev–Trinajstić information content (AvgIpc) is 3.13. The summed E-state index contributed by atoms with van der Waals surface area (Å²) < 4.78 is 0. The van der Waals surface area contributed by atoms with Crippen LogP contribution in [-0.2, 0) is 22.6 Å². The monoisotopic (exact) mass is 292 g/mol. The topological polar surface area (TPSA) is 98.3 Å². The van der Waals surface area contributed by atoms with E-state index in [2.05, 4.69) is 15.3 Å². The van der Waals surface area contributed by atoms with Crippen molar-refractivity contribution in [3.63, 3.8) is 0 Å². The van der Waals surface area contributed by atoms with Gasteiger partial charge in [0.15, 0.2) is 0 Å². The van der Waals surface area contributed by atoms with Crippen LogP contribution in [0.15, 0.2) is 6.33 Å². The smallest absolute Gasteiger partial charge is 0.326 e. The van der Waals surface area contributed by atoms with Crippen LogP contribution in [0.25, 0.3) is 0 Å². The molecule has 3 N–H and O–H groups in total. The first kappa shape index (κ1) is 14.1. The Morgan fingerprint density at radius 2 is 2.33 bits per heavy atom. The van der Waals surface area contributed by atoms with Gasteiger partial charge in [-0.3, -0.25) is 4.79 Å². The van der Waals surface area contributed by atoms with E-state index in [1.165, 1.54) is 4.90 Å². The molecule has 1 aromatic rings. The number of carbonyl (C=O) groups excluding carboxylic acids is 1. The third-order valence-corrected chi connectivity index (χ3v) is 4.43. The Labute approximate surface area is 122 Å². The number of aromatic nitrogens is 2. The highest BCUT2D eigenvalue weighted by atomic mass is 16.4. The summed E-state index contributed by atoms with van der Waals surface area (Å²) in [6.07, 6.45) is 4.18. The Morgan fingerprint density at radius 1 is 1.48 bits per heavy atom. The molecule has 0 radical (unpaired) electrons. The van der Waals surface area contributed by atoms with Crippen molar-refractivity contribution < 1.29 is 14.7 Å². The van der Waals surface area contributed by atoms with Crippen molar-refractivity contribution in [1.82, 2.24) is 20.2 Å². The summed E-state index contributed by atoms with van der Waals surface area (Å²) in [5.74, 6) is -0.501. The van der Waals surface area contributed by atoms with Crippen LogP contribution in [0.3, 0.4) is 0 Å². The lowest BCUT2D eigenvalue weighted by molar-refractivity contribution is -0.151. The Kier molecular flexibility index (Phi) is 3.92. The summed E-state index contributed by atoms with van der Waals surface area (Å²) in [5, 5.41) is 12.6. The number of amides is 1. The summed E-state index contributed by atoms with van der Waals surface area (Å²) in [4.78, 5) is 32.4. The van der Waals surface area contributed by atoms with Crippen LogP contribution >= 0.6 is 0 Å². The molecule has 0 aromatic carbocycles. The molecule has 1 fully saturated rings. The second kappa shape index (κ2) is 5.85. The van der Waals surface area contributed by atoms with Gasteiger partial charge in [0.05, 0.1) is 24.3 Å². The largest absolute Gasteiger partial charge is 0.480 e. The first-order valence-electron chi connectivity index (χ1n) is 7.39. The normalized spacial score (nSPS) is 24.9. The number of imidazole rings is 1. The number of carbonyl (C=O) groups is 2. The third kappa shape index (κ3) is 2.92. The predicted octanol–water partition coefficient (Wildman–Crippen LogP) is 0.137. The molecule has 7 heteroatoms. The van der Waals surface area contributed by atoms with Gasteiger partial charge in [0.1, 0.15) is 6.04 Å². The summed E-state index contributed by atoms with van der Waals surface area (Å²) in [6, 6.07) is -0.796. The van der Waals surface area contributed by atoms with E-state index < -0.39 is 12.0 Å². The number of H-pyrrole nitrogens is 1. The SMILES string of the molecule is O=C(O)C1Cc2nc[nH]c2CN1C(=O)CCC1CCNC1. The van der Waals surface area contributed by atoms with E-state index >= 15 is 0 Å². The number of rotatable bonds is 4. The fraction of sp³-hybridized carbons (Fsp3) is 0.643. The van der Waals surface area contributed by atoms with E-state index in [4.69, 9.17) is 0 Å². The van der Waals surface area contributed by atoms with Gasteiger partial charge in [-0.25, -0.2) is 9.78 Å². The number of fused-ring (bicyclic) bond motifs is 1. The minimum atomic E-state index is -0.959. The van der Waals surface area contributed by atoms with Crippen molar-refractivity contribution in [3.8, 4) is 0 Å². The van der Waals surface area contributed by atoms with Crippen molar-refractivity contribution >= 4 is 11.9 Å².